The van der Waals surface area contributed by atoms with E-state index in [0.717, 1.165) is 0 Å². The van der Waals surface area contributed by atoms with Crippen LogP contribution in [0.3, 0.4) is 0 Å². The zero-order valence-electron chi connectivity index (χ0n) is 8.61. The van der Waals surface area contributed by atoms with E-state index in [1.165, 1.54) is 0 Å². The number of aromatic nitrogens is 3. The van der Waals surface area contributed by atoms with E-state index in [4.69, 9.17) is 11.6 Å². The lowest BCUT2D eigenvalue weighted by atomic mass is 10.3. The van der Waals surface area contributed by atoms with Crippen LogP contribution in [-0.2, 0) is 0 Å². The zero-order valence-corrected chi connectivity index (χ0v) is 9.36. The number of pyridine rings is 1. The van der Waals surface area contributed by atoms with E-state index >= 15 is 0 Å². The minimum atomic E-state index is 0.317. The predicted molar refractivity (Wildman–Crippen MR) is 59.7 cm³/mol. The van der Waals surface area contributed by atoms with Gasteiger partial charge in [-0.3, -0.25) is 9.67 Å². The van der Waals surface area contributed by atoms with E-state index < -0.39 is 0 Å². The average molecular weight is 221 g/mol. The molecule has 0 aliphatic heterocycles. The third-order valence-electron chi connectivity index (χ3n) is 2.06. The van der Waals surface area contributed by atoms with Crippen LogP contribution < -0.4 is 0 Å². The Morgan fingerprint density at radius 1 is 1.47 bits per heavy atom. The maximum absolute atomic E-state index is 6.02. The molecule has 4 heteroatoms. The topological polar surface area (TPSA) is 30.7 Å². The van der Waals surface area contributed by atoms with Crippen molar-refractivity contribution >= 4 is 11.6 Å². The molecule has 2 aromatic rings. The molecular formula is C11H11ClN3. The molecule has 15 heavy (non-hydrogen) atoms. The molecule has 0 unspecified atom stereocenters. The van der Waals surface area contributed by atoms with Crippen molar-refractivity contribution in [2.45, 2.75) is 19.9 Å². The summed E-state index contributed by atoms with van der Waals surface area (Å²) in [6.45, 7) is 4.12. The molecule has 0 aromatic carbocycles. The summed E-state index contributed by atoms with van der Waals surface area (Å²) in [6.07, 6.45) is 3.51. The molecule has 0 aliphatic rings. The lowest BCUT2D eigenvalue weighted by Crippen LogP contribution is -2.01. The maximum atomic E-state index is 6.02. The smallest absolute Gasteiger partial charge is 0.120 e. The fourth-order valence-electron chi connectivity index (χ4n) is 1.24. The second-order valence-electron chi connectivity index (χ2n) is 3.53. The largest absolute Gasteiger partial charge is 0.269 e. The summed E-state index contributed by atoms with van der Waals surface area (Å²) < 4.78 is 1.83. The van der Waals surface area contributed by atoms with Crippen molar-refractivity contribution in [3.63, 3.8) is 0 Å². The first-order chi connectivity index (χ1) is 7.18. The summed E-state index contributed by atoms with van der Waals surface area (Å²) in [5.41, 5.74) is 1.37. The van der Waals surface area contributed by atoms with Crippen molar-refractivity contribution in [3.8, 4) is 11.4 Å². The van der Waals surface area contributed by atoms with Gasteiger partial charge in [0.25, 0.3) is 0 Å². The average Bonchev–Trinajstić information content (AvgIpc) is 2.67. The van der Waals surface area contributed by atoms with Crippen LogP contribution in [0.4, 0.5) is 0 Å². The molecular weight excluding hydrogens is 210 g/mol. The van der Waals surface area contributed by atoms with Gasteiger partial charge in [0.05, 0.1) is 5.02 Å². The van der Waals surface area contributed by atoms with E-state index in [2.05, 4.69) is 30.0 Å². The molecule has 3 nitrogen and oxygen atoms in total. The SMILES string of the molecule is CC(C)n1c[c]c(-c2ncccc2Cl)n1. The Bertz CT molecular complexity index is 462. The number of hydrogen-bond acceptors (Lipinski definition) is 2. The third-order valence-corrected chi connectivity index (χ3v) is 2.37. The first-order valence-electron chi connectivity index (χ1n) is 4.76. The van der Waals surface area contributed by atoms with Gasteiger partial charge in [-0.15, -0.1) is 0 Å². The van der Waals surface area contributed by atoms with Gasteiger partial charge < -0.3 is 0 Å². The van der Waals surface area contributed by atoms with Crippen molar-refractivity contribution in [3.05, 3.63) is 35.6 Å². The van der Waals surface area contributed by atoms with E-state index in [-0.39, 0.29) is 0 Å². The van der Waals surface area contributed by atoms with Crippen LogP contribution in [0.5, 0.6) is 0 Å². The van der Waals surface area contributed by atoms with Gasteiger partial charge in [0.2, 0.25) is 0 Å². The molecule has 2 aromatic heterocycles. The summed E-state index contributed by atoms with van der Waals surface area (Å²) in [6, 6.07) is 6.96. The number of rotatable bonds is 2. The van der Waals surface area contributed by atoms with Gasteiger partial charge in [0.15, 0.2) is 0 Å². The highest BCUT2D eigenvalue weighted by molar-refractivity contribution is 6.32. The molecule has 0 atom stereocenters. The molecule has 0 aliphatic carbocycles. The molecule has 0 N–H and O–H groups in total. The summed E-state index contributed by atoms with van der Waals surface area (Å²) in [5.74, 6) is 0. The Hall–Kier alpha value is -1.35. The molecule has 1 radical (unpaired) electrons. The van der Waals surface area contributed by atoms with Crippen LogP contribution in [0, 0.1) is 6.07 Å². The zero-order chi connectivity index (χ0) is 10.8. The van der Waals surface area contributed by atoms with Crippen molar-refractivity contribution in [1.82, 2.24) is 14.8 Å². The van der Waals surface area contributed by atoms with Gasteiger partial charge in [0, 0.05) is 24.5 Å². The van der Waals surface area contributed by atoms with E-state index in [0.29, 0.717) is 22.5 Å². The predicted octanol–water partition coefficient (Wildman–Crippen LogP) is 2.98. The second kappa shape index (κ2) is 4.03. The Morgan fingerprint density at radius 2 is 2.27 bits per heavy atom. The molecule has 0 spiro atoms. The van der Waals surface area contributed by atoms with Crippen molar-refractivity contribution in [1.29, 1.82) is 0 Å². The fraction of sp³-hybridized carbons (Fsp3) is 0.273. The molecule has 0 fully saturated rings. The minimum absolute atomic E-state index is 0.317. The number of hydrogen-bond donors (Lipinski definition) is 0. The lowest BCUT2D eigenvalue weighted by Gasteiger charge is -2.03. The summed E-state index contributed by atoms with van der Waals surface area (Å²) in [5, 5.41) is 4.95. The Kier molecular flexibility index (Phi) is 2.73. The summed E-state index contributed by atoms with van der Waals surface area (Å²) >= 11 is 6.02. The third kappa shape index (κ3) is 2.02. The molecule has 2 rings (SSSR count). The van der Waals surface area contributed by atoms with E-state index in [9.17, 15) is 0 Å². The number of nitrogens with zero attached hydrogens (tertiary/aromatic N) is 3. The monoisotopic (exact) mass is 220 g/mol. The van der Waals surface area contributed by atoms with Crippen molar-refractivity contribution in [2.24, 2.45) is 0 Å². The molecule has 0 saturated carbocycles. The molecule has 2 heterocycles. The first kappa shape index (κ1) is 10.2. The molecule has 0 amide bonds. The van der Waals surface area contributed by atoms with Crippen LogP contribution >= 0.6 is 11.6 Å². The van der Waals surface area contributed by atoms with Gasteiger partial charge in [-0.25, -0.2) is 0 Å². The van der Waals surface area contributed by atoms with Crippen LogP contribution in [0.2, 0.25) is 5.02 Å². The first-order valence-corrected chi connectivity index (χ1v) is 5.14. The fourth-order valence-corrected chi connectivity index (χ4v) is 1.45. The van der Waals surface area contributed by atoms with Gasteiger partial charge >= 0.3 is 0 Å². The molecule has 0 saturated heterocycles. The van der Waals surface area contributed by atoms with E-state index in [1.54, 1.807) is 18.3 Å². The van der Waals surface area contributed by atoms with Gasteiger partial charge in [-0.1, -0.05) is 11.6 Å². The Labute approximate surface area is 93.7 Å². The summed E-state index contributed by atoms with van der Waals surface area (Å²) in [4.78, 5) is 4.18. The van der Waals surface area contributed by atoms with Crippen LogP contribution in [0.15, 0.2) is 24.5 Å². The van der Waals surface area contributed by atoms with Gasteiger partial charge in [0.1, 0.15) is 11.4 Å². The quantitative estimate of drug-likeness (QED) is 0.779. The second-order valence-corrected chi connectivity index (χ2v) is 3.94. The highest BCUT2D eigenvalue weighted by Gasteiger charge is 2.09. The normalized spacial score (nSPS) is 10.9. The van der Waals surface area contributed by atoms with Crippen molar-refractivity contribution in [2.75, 3.05) is 0 Å². The van der Waals surface area contributed by atoms with Crippen LogP contribution in [-0.4, -0.2) is 14.8 Å². The van der Waals surface area contributed by atoms with E-state index in [1.807, 2.05) is 10.9 Å². The highest BCUT2D eigenvalue weighted by Crippen LogP contribution is 2.23. The van der Waals surface area contributed by atoms with Gasteiger partial charge in [-0.2, -0.15) is 5.10 Å². The molecule has 0 bridgehead atoms. The summed E-state index contributed by atoms with van der Waals surface area (Å²) in [7, 11) is 0. The van der Waals surface area contributed by atoms with Crippen LogP contribution in [0.25, 0.3) is 11.4 Å². The number of halogens is 1. The Balaban J connectivity index is 2.42. The standard InChI is InChI=1S/C11H11ClN3/c1-8(2)15-7-5-10(14-15)11-9(12)4-3-6-13-11/h3-4,6-8H,1-2H3. The van der Waals surface area contributed by atoms with Gasteiger partial charge in [-0.05, 0) is 26.0 Å². The van der Waals surface area contributed by atoms with Crippen LogP contribution in [0.1, 0.15) is 19.9 Å². The lowest BCUT2D eigenvalue weighted by molar-refractivity contribution is 0.534. The highest BCUT2D eigenvalue weighted by atomic mass is 35.5. The maximum Gasteiger partial charge on any atom is 0.120 e. The minimum Gasteiger partial charge on any atom is -0.269 e. The van der Waals surface area contributed by atoms with Crippen molar-refractivity contribution < 1.29 is 0 Å². The molecule has 77 valence electrons. The Morgan fingerprint density at radius 3 is 2.87 bits per heavy atom.